The lowest BCUT2D eigenvalue weighted by atomic mass is 9.67. The summed E-state index contributed by atoms with van der Waals surface area (Å²) < 4.78 is 0. The molecule has 2 unspecified atom stereocenters. The first kappa shape index (κ1) is 37.7. The van der Waals surface area contributed by atoms with Gasteiger partial charge in [0.2, 0.25) is 0 Å². The summed E-state index contributed by atoms with van der Waals surface area (Å²) in [6, 6.07) is 16.8. The van der Waals surface area contributed by atoms with Gasteiger partial charge in [-0.15, -0.1) is 0 Å². The summed E-state index contributed by atoms with van der Waals surface area (Å²) in [5.74, 6) is -0.921. The van der Waals surface area contributed by atoms with E-state index in [0.29, 0.717) is 24.7 Å². The standard InChI is InChI=1S/C26H50O4.C12H9NS/c1-5-9-16-22(7-3)20-26(25(29)30,21-23(8-4)17-10-6-2)19-15-13-11-12-14-18-24(27)28;1-3-7-11-9(5-1)13-10-6-2-4-8-12(10)14-11/h22-23H,5-21H2,1-4H3,(H,27,28)(H,29,30);1-8,13H/p-2. The fourth-order valence-electron chi connectivity index (χ4n) is 6.39. The lowest BCUT2D eigenvalue weighted by Gasteiger charge is -2.40. The number of nitrogens with one attached hydrogen (secondary N) is 1. The average Bonchev–Trinajstić information content (AvgIpc) is 3.03. The number of anilines is 2. The number of carbonyl (C=O) groups excluding carboxylic acids is 2. The van der Waals surface area contributed by atoms with Crippen LogP contribution in [-0.2, 0) is 9.59 Å². The fourth-order valence-corrected chi connectivity index (χ4v) is 7.38. The average molecular weight is 624 g/mol. The van der Waals surface area contributed by atoms with Crippen LogP contribution in [-0.4, -0.2) is 11.9 Å². The molecule has 0 saturated heterocycles. The van der Waals surface area contributed by atoms with E-state index in [1.165, 1.54) is 21.2 Å². The highest BCUT2D eigenvalue weighted by Gasteiger charge is 2.35. The van der Waals surface area contributed by atoms with Gasteiger partial charge in [-0.25, -0.2) is 0 Å². The largest absolute Gasteiger partial charge is 0.550 e. The smallest absolute Gasteiger partial charge is 0.0526 e. The highest BCUT2D eigenvalue weighted by Crippen LogP contribution is 2.44. The van der Waals surface area contributed by atoms with Crippen molar-refractivity contribution in [1.29, 1.82) is 0 Å². The summed E-state index contributed by atoms with van der Waals surface area (Å²) in [7, 11) is 0. The van der Waals surface area contributed by atoms with Crippen LogP contribution in [0.3, 0.4) is 0 Å². The summed E-state index contributed by atoms with van der Waals surface area (Å²) in [5, 5.41) is 26.5. The monoisotopic (exact) mass is 623 g/mol. The third-order valence-electron chi connectivity index (χ3n) is 9.18. The minimum atomic E-state index is -0.985. The van der Waals surface area contributed by atoms with Crippen LogP contribution in [0.1, 0.15) is 137 Å². The zero-order chi connectivity index (χ0) is 32.2. The second-order valence-corrected chi connectivity index (χ2v) is 13.8. The second kappa shape index (κ2) is 21.3. The van der Waals surface area contributed by atoms with Gasteiger partial charge in [0.05, 0.1) is 11.4 Å². The van der Waals surface area contributed by atoms with Gasteiger partial charge in [0, 0.05) is 27.1 Å². The van der Waals surface area contributed by atoms with Crippen molar-refractivity contribution in [2.75, 3.05) is 5.32 Å². The molecule has 44 heavy (non-hydrogen) atoms. The predicted octanol–water partition coefficient (Wildman–Crippen LogP) is 9.31. The molecule has 1 aliphatic rings. The van der Waals surface area contributed by atoms with E-state index in [1.807, 2.05) is 11.8 Å². The van der Waals surface area contributed by atoms with Crippen molar-refractivity contribution < 1.29 is 19.8 Å². The van der Waals surface area contributed by atoms with Crippen molar-refractivity contribution in [2.45, 2.75) is 147 Å². The van der Waals surface area contributed by atoms with Crippen LogP contribution in [0.4, 0.5) is 11.4 Å². The highest BCUT2D eigenvalue weighted by molar-refractivity contribution is 7.99. The van der Waals surface area contributed by atoms with E-state index in [9.17, 15) is 19.8 Å². The van der Waals surface area contributed by atoms with E-state index in [1.54, 1.807) is 0 Å². The molecule has 0 aromatic heterocycles. The Labute approximate surface area is 272 Å². The number of benzene rings is 2. The van der Waals surface area contributed by atoms with Crippen LogP contribution in [0.15, 0.2) is 58.3 Å². The minimum Gasteiger partial charge on any atom is -0.550 e. The lowest BCUT2D eigenvalue weighted by molar-refractivity contribution is -0.322. The Bertz CT molecular complexity index is 998. The van der Waals surface area contributed by atoms with Crippen LogP contribution in [0.25, 0.3) is 0 Å². The van der Waals surface area contributed by atoms with Gasteiger partial charge in [0.1, 0.15) is 0 Å². The van der Waals surface area contributed by atoms with Crippen LogP contribution in [0.2, 0.25) is 0 Å². The number of para-hydroxylation sites is 2. The second-order valence-electron chi connectivity index (χ2n) is 12.7. The number of hydrogen-bond donors (Lipinski definition) is 1. The van der Waals surface area contributed by atoms with Gasteiger partial charge in [-0.1, -0.05) is 141 Å². The number of carbonyl (C=O) groups is 2. The van der Waals surface area contributed by atoms with E-state index in [-0.39, 0.29) is 6.42 Å². The first-order valence-electron chi connectivity index (χ1n) is 17.3. The molecule has 1 aliphatic heterocycles. The Morgan fingerprint density at radius 1 is 0.705 bits per heavy atom. The Morgan fingerprint density at radius 3 is 1.64 bits per heavy atom. The number of carboxylic acid groups (broad SMARTS) is 2. The molecular formula is C38H57NO4S-2. The van der Waals surface area contributed by atoms with E-state index >= 15 is 0 Å². The number of rotatable bonds is 21. The molecule has 0 saturated carbocycles. The molecule has 1 N–H and O–H groups in total. The maximum Gasteiger partial charge on any atom is 0.0526 e. The van der Waals surface area contributed by atoms with E-state index in [2.05, 4.69) is 81.5 Å². The minimum absolute atomic E-state index is 0.119. The number of fused-ring (bicyclic) bond motifs is 2. The predicted molar refractivity (Wildman–Crippen MR) is 181 cm³/mol. The highest BCUT2D eigenvalue weighted by atomic mass is 32.2. The molecule has 0 spiro atoms. The molecule has 0 bridgehead atoms. The van der Waals surface area contributed by atoms with Gasteiger partial charge in [0.15, 0.2) is 0 Å². The van der Waals surface area contributed by atoms with Crippen LogP contribution in [0, 0.1) is 17.3 Å². The number of carboxylic acids is 2. The van der Waals surface area contributed by atoms with Crippen molar-refractivity contribution in [1.82, 2.24) is 0 Å². The summed E-state index contributed by atoms with van der Waals surface area (Å²) >= 11 is 1.82. The Balaban J connectivity index is 0.000000391. The molecule has 0 aliphatic carbocycles. The normalized spacial score (nSPS) is 14.5. The molecule has 0 fully saturated rings. The van der Waals surface area contributed by atoms with Gasteiger partial charge >= 0.3 is 0 Å². The molecular weight excluding hydrogens is 566 g/mol. The summed E-state index contributed by atoms with van der Waals surface area (Å²) in [6.07, 6.45) is 15.5. The van der Waals surface area contributed by atoms with Gasteiger partial charge in [-0.05, 0) is 68.2 Å². The van der Waals surface area contributed by atoms with Crippen molar-refractivity contribution >= 4 is 35.1 Å². The molecule has 2 aromatic carbocycles. The van der Waals surface area contributed by atoms with Gasteiger partial charge in [-0.2, -0.15) is 0 Å². The van der Waals surface area contributed by atoms with Gasteiger partial charge in [0.25, 0.3) is 0 Å². The maximum absolute atomic E-state index is 12.5. The quantitative estimate of drug-likeness (QED) is 0.119. The number of aliphatic carboxylic acids is 2. The molecule has 0 radical (unpaired) electrons. The zero-order valence-electron chi connectivity index (χ0n) is 27.8. The topological polar surface area (TPSA) is 92.3 Å². The Hall–Kier alpha value is -2.47. The maximum atomic E-state index is 12.5. The molecule has 0 amide bonds. The molecule has 6 heteroatoms. The van der Waals surface area contributed by atoms with E-state index < -0.39 is 17.4 Å². The third-order valence-corrected chi connectivity index (χ3v) is 10.3. The zero-order valence-corrected chi connectivity index (χ0v) is 28.7. The molecule has 3 rings (SSSR count). The summed E-state index contributed by atoms with van der Waals surface area (Å²) in [4.78, 5) is 25.6. The molecule has 246 valence electrons. The van der Waals surface area contributed by atoms with Gasteiger partial charge < -0.3 is 25.1 Å². The first-order chi connectivity index (χ1) is 21.3. The molecule has 2 atom stereocenters. The Morgan fingerprint density at radius 2 is 1.18 bits per heavy atom. The molecule has 2 aromatic rings. The Kier molecular flexibility index (Phi) is 18.3. The summed E-state index contributed by atoms with van der Waals surface area (Å²) in [5.41, 5.74) is 1.70. The first-order valence-corrected chi connectivity index (χ1v) is 18.1. The summed E-state index contributed by atoms with van der Waals surface area (Å²) in [6.45, 7) is 8.76. The lowest BCUT2D eigenvalue weighted by Crippen LogP contribution is -2.45. The van der Waals surface area contributed by atoms with E-state index in [4.69, 9.17) is 0 Å². The van der Waals surface area contributed by atoms with Crippen molar-refractivity contribution in [3.05, 3.63) is 48.5 Å². The molecule has 1 heterocycles. The van der Waals surface area contributed by atoms with Crippen LogP contribution >= 0.6 is 11.8 Å². The van der Waals surface area contributed by atoms with Gasteiger partial charge in [-0.3, -0.25) is 0 Å². The van der Waals surface area contributed by atoms with Crippen LogP contribution < -0.4 is 15.5 Å². The van der Waals surface area contributed by atoms with E-state index in [0.717, 1.165) is 89.9 Å². The number of unbranched alkanes of at least 4 members (excludes halogenated alkanes) is 6. The van der Waals surface area contributed by atoms with Crippen molar-refractivity contribution in [3.63, 3.8) is 0 Å². The SMILES string of the molecule is CCCCC(CC)CC(CCCCCCCC(=O)[O-])(CC(CC)CCCC)C(=O)[O-].c1ccc2c(c1)Nc1ccccc1S2. The van der Waals surface area contributed by atoms with Crippen LogP contribution in [0.5, 0.6) is 0 Å². The third kappa shape index (κ3) is 13.3. The fraction of sp³-hybridized carbons (Fsp3) is 0.632. The molecule has 5 nitrogen and oxygen atoms in total. The number of hydrogen-bond acceptors (Lipinski definition) is 6. The van der Waals surface area contributed by atoms with Crippen molar-refractivity contribution in [2.24, 2.45) is 17.3 Å². The van der Waals surface area contributed by atoms with Crippen molar-refractivity contribution in [3.8, 4) is 0 Å².